The van der Waals surface area contributed by atoms with Gasteiger partial charge in [0.25, 0.3) is 5.91 Å². The van der Waals surface area contributed by atoms with Crippen molar-refractivity contribution in [1.82, 2.24) is 14.9 Å². The molecule has 9 nitrogen and oxygen atoms in total. The summed E-state index contributed by atoms with van der Waals surface area (Å²) in [6.07, 6.45) is 1.81. The highest BCUT2D eigenvalue weighted by Crippen LogP contribution is 2.29. The maximum Gasteiger partial charge on any atom is 0.354 e. The molecule has 0 aliphatic carbocycles. The summed E-state index contributed by atoms with van der Waals surface area (Å²) in [7, 11) is 0. The number of carbonyl (C=O) groups excluding carboxylic acids is 1. The maximum absolute atomic E-state index is 14.2. The Morgan fingerprint density at radius 1 is 1.33 bits per heavy atom. The lowest BCUT2D eigenvalue weighted by molar-refractivity contribution is -0.123. The summed E-state index contributed by atoms with van der Waals surface area (Å²) in [6, 6.07) is 4.64. The van der Waals surface area contributed by atoms with E-state index in [1.165, 1.54) is 12.1 Å². The first-order valence-electron chi connectivity index (χ1n) is 9.78. The van der Waals surface area contributed by atoms with Gasteiger partial charge in [0.15, 0.2) is 11.8 Å². The summed E-state index contributed by atoms with van der Waals surface area (Å²) >= 11 is 0. The predicted octanol–water partition coefficient (Wildman–Crippen LogP) is 1.75. The number of ether oxygens (including phenoxy) is 1. The number of piperazine rings is 1. The van der Waals surface area contributed by atoms with Gasteiger partial charge in [-0.05, 0) is 30.2 Å². The van der Waals surface area contributed by atoms with Gasteiger partial charge in [0.05, 0.1) is 5.69 Å². The molecule has 2 aliphatic rings. The average Bonchev–Trinajstić information content (AvgIpc) is 2.74. The molecule has 1 atom stereocenters. The molecule has 2 aromatic rings. The van der Waals surface area contributed by atoms with Crippen LogP contribution in [0.4, 0.5) is 15.8 Å². The number of amides is 1. The third-order valence-corrected chi connectivity index (χ3v) is 5.25. The van der Waals surface area contributed by atoms with Crippen LogP contribution in [-0.2, 0) is 11.3 Å². The van der Waals surface area contributed by atoms with E-state index < -0.39 is 18.0 Å². The van der Waals surface area contributed by atoms with Gasteiger partial charge in [-0.3, -0.25) is 9.69 Å². The summed E-state index contributed by atoms with van der Waals surface area (Å²) < 4.78 is 19.8. The maximum atomic E-state index is 14.2. The van der Waals surface area contributed by atoms with Crippen LogP contribution >= 0.6 is 0 Å². The first kappa shape index (κ1) is 20.0. The fourth-order valence-electron chi connectivity index (χ4n) is 3.62. The lowest BCUT2D eigenvalue weighted by Gasteiger charge is -2.36. The first-order valence-corrected chi connectivity index (χ1v) is 9.78. The number of hydrogen-bond acceptors (Lipinski definition) is 7. The Hall–Kier alpha value is -3.27. The number of carbonyl (C=O) groups is 2. The van der Waals surface area contributed by atoms with Gasteiger partial charge in [-0.25, -0.2) is 14.8 Å². The molecule has 0 bridgehead atoms. The van der Waals surface area contributed by atoms with Crippen LogP contribution in [0.1, 0.15) is 29.4 Å². The van der Waals surface area contributed by atoms with Crippen LogP contribution in [-0.4, -0.2) is 64.1 Å². The van der Waals surface area contributed by atoms with Gasteiger partial charge in [0.2, 0.25) is 11.8 Å². The second-order valence-electron chi connectivity index (χ2n) is 7.28. The van der Waals surface area contributed by atoms with Crippen LogP contribution in [0, 0.1) is 5.95 Å². The molecule has 2 aromatic heterocycles. The van der Waals surface area contributed by atoms with Gasteiger partial charge in [-0.2, -0.15) is 4.39 Å². The van der Waals surface area contributed by atoms with Crippen LogP contribution in [0.2, 0.25) is 0 Å². The molecule has 2 N–H and O–H groups in total. The number of aromatic carboxylic acids is 1. The van der Waals surface area contributed by atoms with Crippen molar-refractivity contribution < 1.29 is 23.8 Å². The van der Waals surface area contributed by atoms with Crippen molar-refractivity contribution in [3.8, 4) is 5.88 Å². The molecule has 0 spiro atoms. The molecule has 2 aliphatic heterocycles. The largest absolute Gasteiger partial charge is 0.477 e. The Labute approximate surface area is 172 Å². The van der Waals surface area contributed by atoms with Gasteiger partial charge in [0, 0.05) is 38.9 Å². The van der Waals surface area contributed by atoms with Crippen LogP contribution in [0.15, 0.2) is 24.4 Å². The van der Waals surface area contributed by atoms with E-state index in [9.17, 15) is 14.0 Å². The van der Waals surface area contributed by atoms with Crippen LogP contribution < -0.4 is 15.0 Å². The molecule has 4 heterocycles. The van der Waals surface area contributed by atoms with Gasteiger partial charge >= 0.3 is 5.97 Å². The minimum Gasteiger partial charge on any atom is -0.477 e. The van der Waals surface area contributed by atoms with Crippen molar-refractivity contribution in [3.05, 3.63) is 41.6 Å². The number of carboxylic acid groups (broad SMARTS) is 1. The molecule has 0 radical (unpaired) electrons. The lowest BCUT2D eigenvalue weighted by Crippen LogP contribution is -2.46. The van der Waals surface area contributed by atoms with E-state index in [4.69, 9.17) is 9.84 Å². The van der Waals surface area contributed by atoms with Crippen molar-refractivity contribution in [2.24, 2.45) is 0 Å². The molecule has 1 unspecified atom stereocenters. The van der Waals surface area contributed by atoms with E-state index in [2.05, 4.69) is 20.2 Å². The summed E-state index contributed by atoms with van der Waals surface area (Å²) in [4.78, 5) is 34.8. The predicted molar refractivity (Wildman–Crippen MR) is 106 cm³/mol. The molecular weight excluding hydrogens is 393 g/mol. The fraction of sp³-hybridized carbons (Fsp3) is 0.400. The molecule has 0 saturated carbocycles. The summed E-state index contributed by atoms with van der Waals surface area (Å²) in [5.74, 6) is -1.76. The Morgan fingerprint density at radius 3 is 2.77 bits per heavy atom. The number of hydrogen-bond donors (Lipinski definition) is 2. The fourth-order valence-corrected chi connectivity index (χ4v) is 3.62. The number of aromatic nitrogens is 2. The zero-order chi connectivity index (χ0) is 21.3. The Morgan fingerprint density at radius 2 is 2.10 bits per heavy atom. The third kappa shape index (κ3) is 4.04. The van der Waals surface area contributed by atoms with E-state index in [-0.39, 0.29) is 11.6 Å². The zero-order valence-electron chi connectivity index (χ0n) is 16.5. The number of carboxylic acids is 1. The van der Waals surface area contributed by atoms with Gasteiger partial charge in [-0.1, -0.05) is 6.92 Å². The van der Waals surface area contributed by atoms with Crippen LogP contribution in [0.3, 0.4) is 0 Å². The SMILES string of the molecule is CCC1Oc2ncc(CN3CCN(c4ccc(C(=O)O)nc4F)CC3)cc2NC1=O. The Balaban J connectivity index is 1.37. The van der Waals surface area contributed by atoms with Crippen molar-refractivity contribution >= 4 is 23.3 Å². The van der Waals surface area contributed by atoms with Crippen molar-refractivity contribution in [2.75, 3.05) is 36.4 Å². The van der Waals surface area contributed by atoms with E-state index >= 15 is 0 Å². The number of nitrogens with one attached hydrogen (secondary N) is 1. The number of nitrogens with zero attached hydrogens (tertiary/aromatic N) is 4. The average molecular weight is 415 g/mol. The van der Waals surface area contributed by atoms with Crippen molar-refractivity contribution in [1.29, 1.82) is 0 Å². The molecule has 10 heteroatoms. The Bertz CT molecular complexity index is 978. The summed E-state index contributed by atoms with van der Waals surface area (Å²) in [5.41, 5.74) is 1.52. The molecule has 1 amide bonds. The zero-order valence-corrected chi connectivity index (χ0v) is 16.5. The quantitative estimate of drug-likeness (QED) is 0.711. The monoisotopic (exact) mass is 415 g/mol. The van der Waals surface area contributed by atoms with Crippen LogP contribution in [0.5, 0.6) is 5.88 Å². The smallest absolute Gasteiger partial charge is 0.354 e. The lowest BCUT2D eigenvalue weighted by atomic mass is 10.1. The van der Waals surface area contributed by atoms with E-state index in [0.29, 0.717) is 56.4 Å². The summed E-state index contributed by atoms with van der Waals surface area (Å²) in [5, 5.41) is 11.8. The topological polar surface area (TPSA) is 108 Å². The molecule has 1 saturated heterocycles. The van der Waals surface area contributed by atoms with E-state index in [1.807, 2.05) is 17.9 Å². The van der Waals surface area contributed by atoms with Crippen molar-refractivity contribution in [3.63, 3.8) is 0 Å². The number of pyridine rings is 2. The highest BCUT2D eigenvalue weighted by Gasteiger charge is 2.27. The molecular formula is C20H22FN5O4. The molecule has 30 heavy (non-hydrogen) atoms. The standard InChI is InChI=1S/C20H22FN5O4/c1-2-16-18(27)24-14-9-12(10-22-19(14)30-16)11-25-5-7-26(8-6-25)15-4-3-13(20(28)29)23-17(15)21/h3-4,9-10,16H,2,5-8,11H2,1H3,(H,24,27)(H,28,29). The van der Waals surface area contributed by atoms with Gasteiger partial charge < -0.3 is 20.1 Å². The van der Waals surface area contributed by atoms with Crippen LogP contribution in [0.25, 0.3) is 0 Å². The molecule has 4 rings (SSSR count). The second-order valence-corrected chi connectivity index (χ2v) is 7.28. The number of anilines is 2. The van der Waals surface area contributed by atoms with Gasteiger partial charge in [-0.15, -0.1) is 0 Å². The number of rotatable bonds is 5. The van der Waals surface area contributed by atoms with E-state index in [0.717, 1.165) is 5.56 Å². The molecule has 158 valence electrons. The third-order valence-electron chi connectivity index (χ3n) is 5.25. The second kappa shape index (κ2) is 8.23. The highest BCUT2D eigenvalue weighted by molar-refractivity contribution is 5.97. The number of fused-ring (bicyclic) bond motifs is 1. The molecule has 1 fully saturated rings. The minimum absolute atomic E-state index is 0.165. The normalized spacial score (nSPS) is 19.1. The van der Waals surface area contributed by atoms with Crippen molar-refractivity contribution in [2.45, 2.75) is 26.0 Å². The van der Waals surface area contributed by atoms with E-state index in [1.54, 1.807) is 6.20 Å². The van der Waals surface area contributed by atoms with Gasteiger partial charge in [0.1, 0.15) is 5.69 Å². The first-order chi connectivity index (χ1) is 14.4. The minimum atomic E-state index is -1.25. The number of halogens is 1. The summed E-state index contributed by atoms with van der Waals surface area (Å²) in [6.45, 7) is 5.07. The highest BCUT2D eigenvalue weighted by atomic mass is 19.1. The Kier molecular flexibility index (Phi) is 5.49. The molecule has 0 aromatic carbocycles.